The van der Waals surface area contributed by atoms with Crippen molar-refractivity contribution in [2.24, 2.45) is 14.1 Å². The first-order valence-corrected chi connectivity index (χ1v) is 20.1. The lowest BCUT2D eigenvalue weighted by Gasteiger charge is -2.32. The number of rotatable bonds is 12. The zero-order valence-electron chi connectivity index (χ0n) is 32.3. The van der Waals surface area contributed by atoms with Crippen molar-refractivity contribution >= 4 is 45.9 Å². The monoisotopic (exact) mass is 764 g/mol. The second kappa shape index (κ2) is 15.6. The molecule has 3 aliphatic rings. The molecule has 0 bridgehead atoms. The van der Waals surface area contributed by atoms with Crippen LogP contribution in [0.15, 0.2) is 25.0 Å². The van der Waals surface area contributed by atoms with E-state index in [4.69, 9.17) is 40.9 Å². The molecule has 0 spiro atoms. The molecule has 6 aromatic rings. The van der Waals surface area contributed by atoms with Crippen LogP contribution < -0.4 is 22.1 Å². The van der Waals surface area contributed by atoms with E-state index >= 15 is 0 Å². The second-order valence-electron chi connectivity index (χ2n) is 15.5. The van der Waals surface area contributed by atoms with Gasteiger partial charge in [0.1, 0.15) is 24.1 Å². The fourth-order valence-electron chi connectivity index (χ4n) is 8.59. The largest absolute Gasteiger partial charge is 0.382 e. The Morgan fingerprint density at radius 2 is 1.05 bits per heavy atom. The lowest BCUT2D eigenvalue weighted by atomic mass is 9.81. The van der Waals surface area contributed by atoms with Crippen molar-refractivity contribution in [3.05, 3.63) is 48.1 Å². The average molecular weight is 765 g/mol. The van der Waals surface area contributed by atoms with Crippen LogP contribution in [0, 0.1) is 0 Å². The number of fused-ring (bicyclic) bond motifs is 2. The van der Waals surface area contributed by atoms with E-state index in [1.165, 1.54) is 0 Å². The predicted molar refractivity (Wildman–Crippen MR) is 212 cm³/mol. The molecule has 0 aromatic carbocycles. The maximum Gasteiger partial charge on any atom is 0.226 e. The molecule has 1 aliphatic carbocycles. The topological polar surface area (TPSA) is 217 Å². The van der Waals surface area contributed by atoms with Gasteiger partial charge in [0.25, 0.3) is 0 Å². The van der Waals surface area contributed by atoms with Crippen LogP contribution in [-0.2, 0) is 36.4 Å². The number of aromatic nitrogens is 12. The molecule has 56 heavy (non-hydrogen) atoms. The summed E-state index contributed by atoms with van der Waals surface area (Å²) < 4.78 is 21.1. The third-order valence-corrected chi connectivity index (χ3v) is 11.4. The molecule has 18 nitrogen and oxygen atoms in total. The molecule has 8 heterocycles. The van der Waals surface area contributed by atoms with E-state index in [-0.39, 0.29) is 24.3 Å². The lowest BCUT2D eigenvalue weighted by molar-refractivity contribution is -0.0331. The quantitative estimate of drug-likeness (QED) is 0.132. The molecule has 6 N–H and O–H groups in total. The number of nitrogens with zero attached hydrogens (tertiary/aromatic N) is 12. The van der Waals surface area contributed by atoms with Crippen LogP contribution in [0.5, 0.6) is 0 Å². The van der Waals surface area contributed by atoms with Gasteiger partial charge in [-0.25, -0.2) is 19.9 Å². The van der Waals surface area contributed by atoms with Crippen molar-refractivity contribution < 1.29 is 9.47 Å². The van der Waals surface area contributed by atoms with E-state index in [1.54, 1.807) is 12.7 Å². The van der Waals surface area contributed by atoms with Crippen molar-refractivity contribution in [1.29, 1.82) is 0 Å². The molecule has 1 saturated carbocycles. The smallest absolute Gasteiger partial charge is 0.226 e. The molecule has 6 aromatic heterocycles. The first-order chi connectivity index (χ1) is 27.4. The van der Waals surface area contributed by atoms with Gasteiger partial charge in [-0.05, 0) is 64.2 Å². The van der Waals surface area contributed by atoms with Crippen LogP contribution in [-0.4, -0.2) is 84.4 Å². The van der Waals surface area contributed by atoms with Gasteiger partial charge in [0.05, 0.1) is 24.0 Å². The highest BCUT2D eigenvalue weighted by Gasteiger charge is 2.35. The van der Waals surface area contributed by atoms with E-state index < -0.39 is 0 Å². The summed E-state index contributed by atoms with van der Waals surface area (Å²) in [6.45, 7) is 2.67. The Morgan fingerprint density at radius 3 is 1.43 bits per heavy atom. The van der Waals surface area contributed by atoms with Gasteiger partial charge in [-0.3, -0.25) is 9.13 Å². The highest BCUT2D eigenvalue weighted by Crippen LogP contribution is 2.44. The Bertz CT molecular complexity index is 2130. The molecular formula is C38H52N16O2. The SMILES string of the molecule is Cn1cnc(CCNc2nc(N)c3nc(C4CCC(c5nc6c(N)nc(NCCc7cn(C)cn7)nc6n5C5CCCCO5)CC4)n(C4CCCCO4)c3n2)c1. The van der Waals surface area contributed by atoms with Crippen LogP contribution in [0.1, 0.15) is 112 Å². The summed E-state index contributed by atoms with van der Waals surface area (Å²) in [6.07, 6.45) is 18.5. The Morgan fingerprint density at radius 1 is 0.607 bits per heavy atom. The number of aryl methyl sites for hydroxylation is 2. The van der Waals surface area contributed by atoms with Crippen molar-refractivity contribution in [1.82, 2.24) is 58.1 Å². The summed E-state index contributed by atoms with van der Waals surface area (Å²) in [5.74, 6) is 4.02. The van der Waals surface area contributed by atoms with Crippen molar-refractivity contribution in [3.8, 4) is 0 Å². The summed E-state index contributed by atoms with van der Waals surface area (Å²) >= 11 is 0. The third kappa shape index (κ3) is 7.34. The average Bonchev–Trinajstić information content (AvgIpc) is 4.01. The van der Waals surface area contributed by atoms with E-state index in [1.807, 2.05) is 35.6 Å². The molecule has 0 amide bonds. The summed E-state index contributed by atoms with van der Waals surface area (Å²) in [6, 6.07) is 0. The van der Waals surface area contributed by atoms with Gasteiger partial charge in [-0.1, -0.05) is 0 Å². The van der Waals surface area contributed by atoms with Crippen LogP contribution in [0.3, 0.4) is 0 Å². The molecule has 2 unspecified atom stereocenters. The minimum atomic E-state index is -0.155. The number of nitrogen functional groups attached to an aromatic ring is 2. The van der Waals surface area contributed by atoms with Crippen molar-refractivity contribution in [2.45, 2.75) is 101 Å². The Kier molecular flexibility index (Phi) is 10.1. The number of nitrogens with two attached hydrogens (primary N) is 2. The number of anilines is 4. The molecule has 18 heteroatoms. The van der Waals surface area contributed by atoms with Crippen LogP contribution >= 0.6 is 0 Å². The van der Waals surface area contributed by atoms with E-state index in [0.29, 0.717) is 60.9 Å². The molecular weight excluding hydrogens is 713 g/mol. The van der Waals surface area contributed by atoms with Gasteiger partial charge in [0, 0.05) is 77.5 Å². The van der Waals surface area contributed by atoms with Gasteiger partial charge >= 0.3 is 0 Å². The molecule has 9 rings (SSSR count). The fourth-order valence-corrected chi connectivity index (χ4v) is 8.59. The van der Waals surface area contributed by atoms with Crippen molar-refractivity contribution in [2.75, 3.05) is 48.4 Å². The number of hydrogen-bond acceptors (Lipinski definition) is 14. The lowest BCUT2D eigenvalue weighted by Crippen LogP contribution is -2.25. The number of ether oxygens (including phenoxy) is 2. The van der Waals surface area contributed by atoms with Gasteiger partial charge in [-0.15, -0.1) is 0 Å². The van der Waals surface area contributed by atoms with E-state index in [2.05, 4.69) is 39.7 Å². The van der Waals surface area contributed by atoms with Crippen molar-refractivity contribution in [3.63, 3.8) is 0 Å². The van der Waals surface area contributed by atoms with Crippen LogP contribution in [0.25, 0.3) is 22.3 Å². The second-order valence-corrected chi connectivity index (χ2v) is 15.5. The van der Waals surface area contributed by atoms with Crippen LogP contribution in [0.4, 0.5) is 23.5 Å². The van der Waals surface area contributed by atoms with E-state index in [0.717, 1.165) is 111 Å². The Labute approximate surface area is 324 Å². The highest BCUT2D eigenvalue weighted by atomic mass is 16.5. The number of imidazole rings is 4. The molecule has 2 atom stereocenters. The van der Waals surface area contributed by atoms with Gasteiger partial charge in [0.15, 0.2) is 34.0 Å². The minimum absolute atomic E-state index is 0.155. The maximum absolute atomic E-state index is 6.61. The molecule has 3 fully saturated rings. The first-order valence-electron chi connectivity index (χ1n) is 20.1. The van der Waals surface area contributed by atoms with Gasteiger partial charge in [0.2, 0.25) is 11.9 Å². The molecule has 296 valence electrons. The predicted octanol–water partition coefficient (Wildman–Crippen LogP) is 4.75. The Hall–Kier alpha value is -5.36. The maximum atomic E-state index is 6.61. The first kappa shape index (κ1) is 36.3. The molecule has 0 radical (unpaired) electrons. The molecule has 2 aliphatic heterocycles. The number of hydrogen-bond donors (Lipinski definition) is 4. The number of nitrogens with one attached hydrogen (secondary N) is 2. The van der Waals surface area contributed by atoms with Gasteiger partial charge in [-0.2, -0.15) is 19.9 Å². The zero-order chi connectivity index (χ0) is 38.2. The normalized spacial score (nSPS) is 21.9. The summed E-state index contributed by atoms with van der Waals surface area (Å²) in [5.41, 5.74) is 17.9. The summed E-state index contributed by atoms with van der Waals surface area (Å²) in [4.78, 5) is 38.4. The fraction of sp³-hybridized carbons (Fsp3) is 0.579. The zero-order valence-corrected chi connectivity index (χ0v) is 32.3. The minimum Gasteiger partial charge on any atom is -0.382 e. The van der Waals surface area contributed by atoms with E-state index in [9.17, 15) is 0 Å². The molecule has 2 saturated heterocycles. The van der Waals surface area contributed by atoms with Gasteiger partial charge < -0.3 is 40.7 Å². The third-order valence-electron chi connectivity index (χ3n) is 11.4. The standard InChI is InChI=1S/C38H52N16O2/c1-51-19-25(43-21-51)13-15-41-37-47-31(39)29-35(49-37)53(27-7-3-5-17-55-27)33(45-29)23-9-11-24(12-10-23)34-46-30-32(40)48-38(42-16-14-26-20-52(2)22-44-26)50-36(30)54(34)28-8-4-6-18-56-28/h19-24,27-28H,3-18H2,1-2H3,(H3,39,41,47,49)(H3,40,42,48,50). The summed E-state index contributed by atoms with van der Waals surface area (Å²) in [5, 5.41) is 6.74. The summed E-state index contributed by atoms with van der Waals surface area (Å²) in [7, 11) is 3.94. The van der Waals surface area contributed by atoms with Crippen LogP contribution in [0.2, 0.25) is 0 Å². The Balaban J connectivity index is 0.976. The highest BCUT2D eigenvalue weighted by molar-refractivity contribution is 5.84.